The molecule has 0 fully saturated rings. The quantitative estimate of drug-likeness (QED) is 0.590. The summed E-state index contributed by atoms with van der Waals surface area (Å²) < 4.78 is 30.6. The first-order chi connectivity index (χ1) is 9.36. The van der Waals surface area contributed by atoms with Crippen LogP contribution < -0.4 is 11.1 Å². The number of carbonyl (C=O) groups excluding carboxylic acids is 1. The number of hydrogen-bond acceptors (Lipinski definition) is 4. The van der Waals surface area contributed by atoms with E-state index in [1.165, 1.54) is 12.1 Å². The Bertz CT molecular complexity index is 722. The molecule has 1 amide bonds. The molecular weight excluding hydrogens is 280 g/mol. The zero-order chi connectivity index (χ0) is 14.8. The maximum atomic E-state index is 11.9. The van der Waals surface area contributed by atoms with Gasteiger partial charge in [-0.05, 0) is 48.5 Å². The predicted octanol–water partition coefficient (Wildman–Crippen LogP) is 1.77. The van der Waals surface area contributed by atoms with Gasteiger partial charge in [-0.1, -0.05) is 0 Å². The van der Waals surface area contributed by atoms with Crippen molar-refractivity contribution in [1.82, 2.24) is 0 Å². The van der Waals surface area contributed by atoms with Crippen LogP contribution in [-0.2, 0) is 10.1 Å². The fourth-order valence-corrected chi connectivity index (χ4v) is 2.03. The van der Waals surface area contributed by atoms with Crippen molar-refractivity contribution in [3.8, 4) is 0 Å². The lowest BCUT2D eigenvalue weighted by atomic mass is 10.2. The van der Waals surface area contributed by atoms with Crippen LogP contribution in [0.2, 0.25) is 0 Å². The monoisotopic (exact) mass is 292 g/mol. The van der Waals surface area contributed by atoms with Crippen LogP contribution in [0.5, 0.6) is 0 Å². The lowest BCUT2D eigenvalue weighted by Gasteiger charge is -2.06. The minimum Gasteiger partial charge on any atom is -0.399 e. The Morgan fingerprint density at radius 1 is 1.00 bits per heavy atom. The van der Waals surface area contributed by atoms with Crippen LogP contribution in [0.4, 0.5) is 11.4 Å². The van der Waals surface area contributed by atoms with Gasteiger partial charge in [0.15, 0.2) is 0 Å². The fraction of sp³-hybridized carbons (Fsp3) is 0. The number of benzene rings is 2. The molecule has 0 bridgehead atoms. The van der Waals surface area contributed by atoms with Gasteiger partial charge in [0.2, 0.25) is 0 Å². The Kier molecular flexibility index (Phi) is 3.73. The number of amides is 1. The molecule has 104 valence electrons. The number of anilines is 2. The van der Waals surface area contributed by atoms with Crippen molar-refractivity contribution in [2.24, 2.45) is 0 Å². The van der Waals surface area contributed by atoms with Gasteiger partial charge in [-0.2, -0.15) is 8.42 Å². The van der Waals surface area contributed by atoms with Crippen molar-refractivity contribution < 1.29 is 17.8 Å². The second kappa shape index (κ2) is 5.32. The Labute approximate surface area is 116 Å². The van der Waals surface area contributed by atoms with Crippen molar-refractivity contribution in [3.05, 3.63) is 54.1 Å². The molecule has 0 radical (unpaired) electrons. The van der Waals surface area contributed by atoms with E-state index in [-0.39, 0.29) is 10.5 Å². The topological polar surface area (TPSA) is 109 Å². The molecule has 7 heteroatoms. The van der Waals surface area contributed by atoms with E-state index >= 15 is 0 Å². The van der Waals surface area contributed by atoms with Gasteiger partial charge in [0.05, 0.1) is 4.90 Å². The normalized spacial score (nSPS) is 11.1. The third kappa shape index (κ3) is 3.34. The van der Waals surface area contributed by atoms with Gasteiger partial charge < -0.3 is 11.1 Å². The second-order valence-corrected chi connectivity index (χ2v) is 5.50. The Morgan fingerprint density at radius 3 is 2.05 bits per heavy atom. The average Bonchev–Trinajstić information content (AvgIpc) is 2.40. The van der Waals surface area contributed by atoms with Gasteiger partial charge in [0, 0.05) is 16.9 Å². The van der Waals surface area contributed by atoms with Gasteiger partial charge >= 0.3 is 0 Å². The highest BCUT2D eigenvalue weighted by molar-refractivity contribution is 7.85. The molecule has 0 atom stereocenters. The molecule has 0 spiro atoms. The van der Waals surface area contributed by atoms with E-state index in [1.807, 2.05) is 0 Å². The number of carbonyl (C=O) groups is 1. The highest BCUT2D eigenvalue weighted by atomic mass is 32.2. The average molecular weight is 292 g/mol. The molecule has 4 N–H and O–H groups in total. The summed E-state index contributed by atoms with van der Waals surface area (Å²) in [7, 11) is -4.25. The molecule has 0 aliphatic heterocycles. The van der Waals surface area contributed by atoms with Gasteiger partial charge in [0.25, 0.3) is 16.0 Å². The van der Waals surface area contributed by atoms with Crippen LogP contribution in [0.15, 0.2) is 53.4 Å². The van der Waals surface area contributed by atoms with E-state index < -0.39 is 16.0 Å². The van der Waals surface area contributed by atoms with Crippen molar-refractivity contribution >= 4 is 27.4 Å². The van der Waals surface area contributed by atoms with Crippen LogP contribution >= 0.6 is 0 Å². The maximum absolute atomic E-state index is 11.9. The molecule has 2 rings (SSSR count). The van der Waals surface area contributed by atoms with Crippen molar-refractivity contribution in [1.29, 1.82) is 0 Å². The van der Waals surface area contributed by atoms with Crippen molar-refractivity contribution in [2.45, 2.75) is 4.90 Å². The highest BCUT2D eigenvalue weighted by Gasteiger charge is 2.11. The van der Waals surface area contributed by atoms with Gasteiger partial charge in [-0.25, -0.2) is 0 Å². The largest absolute Gasteiger partial charge is 0.399 e. The fourth-order valence-electron chi connectivity index (χ4n) is 1.55. The molecule has 20 heavy (non-hydrogen) atoms. The number of nitrogen functional groups attached to an aromatic ring is 1. The molecule has 0 heterocycles. The third-order valence-corrected chi connectivity index (χ3v) is 3.45. The van der Waals surface area contributed by atoms with Crippen molar-refractivity contribution in [3.63, 3.8) is 0 Å². The first kappa shape index (κ1) is 14.0. The summed E-state index contributed by atoms with van der Waals surface area (Å²) in [6.45, 7) is 0. The first-order valence-corrected chi connectivity index (χ1v) is 7.05. The summed E-state index contributed by atoms with van der Waals surface area (Å²) in [5, 5.41) is 2.64. The van der Waals surface area contributed by atoms with E-state index in [2.05, 4.69) is 5.32 Å². The second-order valence-electron chi connectivity index (χ2n) is 4.08. The maximum Gasteiger partial charge on any atom is 0.294 e. The predicted molar refractivity (Wildman–Crippen MR) is 75.1 cm³/mol. The van der Waals surface area contributed by atoms with Gasteiger partial charge in [-0.3, -0.25) is 9.35 Å². The van der Waals surface area contributed by atoms with Crippen LogP contribution in [0.1, 0.15) is 10.4 Å². The number of nitrogens with two attached hydrogens (primary N) is 1. The van der Waals surface area contributed by atoms with E-state index in [4.69, 9.17) is 10.3 Å². The highest BCUT2D eigenvalue weighted by Crippen LogP contribution is 2.14. The molecule has 0 aliphatic rings. The summed E-state index contributed by atoms with van der Waals surface area (Å²) >= 11 is 0. The SMILES string of the molecule is Nc1ccc(NC(=O)c2ccc(S(=O)(=O)O)cc2)cc1. The summed E-state index contributed by atoms with van der Waals surface area (Å²) in [5.41, 5.74) is 6.96. The number of rotatable bonds is 3. The summed E-state index contributed by atoms with van der Waals surface area (Å²) in [6.07, 6.45) is 0. The molecule has 2 aromatic carbocycles. The van der Waals surface area contributed by atoms with E-state index in [1.54, 1.807) is 24.3 Å². The first-order valence-electron chi connectivity index (χ1n) is 5.61. The summed E-state index contributed by atoms with van der Waals surface area (Å²) in [4.78, 5) is 11.6. The number of hydrogen-bond donors (Lipinski definition) is 3. The Morgan fingerprint density at radius 2 is 1.55 bits per heavy atom. The number of nitrogens with one attached hydrogen (secondary N) is 1. The smallest absolute Gasteiger partial charge is 0.294 e. The van der Waals surface area contributed by atoms with Crippen LogP contribution in [-0.4, -0.2) is 18.9 Å². The standard InChI is InChI=1S/C13H12N2O4S/c14-10-3-5-11(6-4-10)15-13(16)9-1-7-12(8-2-9)20(17,18)19/h1-8H,14H2,(H,15,16)(H,17,18,19). The zero-order valence-electron chi connectivity index (χ0n) is 10.3. The molecule has 0 aromatic heterocycles. The Balaban J connectivity index is 2.15. The lowest BCUT2D eigenvalue weighted by molar-refractivity contribution is 0.102. The van der Waals surface area contributed by atoms with E-state index in [9.17, 15) is 13.2 Å². The minimum atomic E-state index is -4.25. The molecule has 0 saturated heterocycles. The van der Waals surface area contributed by atoms with E-state index in [0.717, 1.165) is 12.1 Å². The molecule has 0 unspecified atom stereocenters. The minimum absolute atomic E-state index is 0.262. The molecule has 0 aliphatic carbocycles. The molecule has 2 aromatic rings. The lowest BCUT2D eigenvalue weighted by Crippen LogP contribution is -2.12. The summed E-state index contributed by atoms with van der Waals surface area (Å²) in [6, 6.07) is 11.6. The Hall–Kier alpha value is -2.38. The summed E-state index contributed by atoms with van der Waals surface area (Å²) in [5.74, 6) is -0.392. The van der Waals surface area contributed by atoms with Crippen LogP contribution in [0, 0.1) is 0 Å². The van der Waals surface area contributed by atoms with Crippen LogP contribution in [0.3, 0.4) is 0 Å². The van der Waals surface area contributed by atoms with Gasteiger partial charge in [-0.15, -0.1) is 0 Å². The molecular formula is C13H12N2O4S. The van der Waals surface area contributed by atoms with E-state index in [0.29, 0.717) is 11.4 Å². The third-order valence-electron chi connectivity index (χ3n) is 2.58. The zero-order valence-corrected chi connectivity index (χ0v) is 11.1. The molecule has 6 nitrogen and oxygen atoms in total. The molecule has 0 saturated carbocycles. The van der Waals surface area contributed by atoms with Crippen LogP contribution in [0.25, 0.3) is 0 Å². The van der Waals surface area contributed by atoms with Crippen molar-refractivity contribution in [2.75, 3.05) is 11.1 Å². The van der Waals surface area contributed by atoms with Gasteiger partial charge in [0.1, 0.15) is 0 Å².